The van der Waals surface area contributed by atoms with Gasteiger partial charge in [-0.2, -0.15) is 0 Å². The second-order valence-electron chi connectivity index (χ2n) is 4.80. The van der Waals surface area contributed by atoms with Crippen LogP contribution < -0.4 is 15.4 Å². The normalized spacial score (nSPS) is 13.9. The maximum absolute atomic E-state index is 6.07. The summed E-state index contributed by atoms with van der Waals surface area (Å²) in [5.74, 6) is 0.849. The predicted molar refractivity (Wildman–Crippen MR) is 82.1 cm³/mol. The molecule has 0 aliphatic carbocycles. The average Bonchev–Trinajstić information content (AvgIpc) is 2.89. The number of hydrogen-bond donors (Lipinski definition) is 1. The van der Waals surface area contributed by atoms with E-state index in [4.69, 9.17) is 10.5 Å². The predicted octanol–water partition coefficient (Wildman–Crippen LogP) is 3.28. The van der Waals surface area contributed by atoms with Crippen molar-refractivity contribution in [1.29, 1.82) is 0 Å². The fourth-order valence-corrected chi connectivity index (χ4v) is 2.73. The van der Waals surface area contributed by atoms with Crippen LogP contribution in [-0.2, 0) is 0 Å². The molecule has 0 amide bonds. The van der Waals surface area contributed by atoms with Crippen LogP contribution in [0, 0.1) is 0 Å². The molecule has 2 atom stereocenters. The second-order valence-corrected chi connectivity index (χ2v) is 5.78. The molecule has 0 aliphatic heterocycles. The number of hydrogen-bond acceptors (Lipinski definition) is 4. The van der Waals surface area contributed by atoms with Gasteiger partial charge in [-0.3, -0.25) is 0 Å². The van der Waals surface area contributed by atoms with Gasteiger partial charge in [0.2, 0.25) is 0 Å². The third-order valence-corrected chi connectivity index (χ3v) is 3.83. The molecule has 0 radical (unpaired) electrons. The average molecular weight is 276 g/mol. The van der Waals surface area contributed by atoms with Gasteiger partial charge < -0.3 is 15.4 Å². The first-order valence-corrected chi connectivity index (χ1v) is 7.19. The minimum atomic E-state index is -0.0996. The third kappa shape index (κ3) is 3.49. The summed E-state index contributed by atoms with van der Waals surface area (Å²) in [5.41, 5.74) is 7.16. The summed E-state index contributed by atoms with van der Waals surface area (Å²) in [6.07, 6.45) is -0.0996. The highest BCUT2D eigenvalue weighted by atomic mass is 32.1. The number of thiophene rings is 1. The van der Waals surface area contributed by atoms with Crippen molar-refractivity contribution in [3.8, 4) is 5.75 Å². The van der Waals surface area contributed by atoms with Crippen LogP contribution in [0.25, 0.3) is 0 Å². The van der Waals surface area contributed by atoms with Crippen molar-refractivity contribution in [2.75, 3.05) is 19.0 Å². The van der Waals surface area contributed by atoms with Gasteiger partial charge in [-0.25, -0.2) is 0 Å². The van der Waals surface area contributed by atoms with E-state index in [2.05, 4.69) is 17.0 Å². The first-order valence-electron chi connectivity index (χ1n) is 6.31. The van der Waals surface area contributed by atoms with Crippen LogP contribution in [0.1, 0.15) is 17.9 Å². The van der Waals surface area contributed by atoms with Gasteiger partial charge in [0.15, 0.2) is 0 Å². The molecular weight excluding hydrogens is 256 g/mol. The van der Waals surface area contributed by atoms with Crippen molar-refractivity contribution in [3.63, 3.8) is 0 Å². The van der Waals surface area contributed by atoms with Crippen molar-refractivity contribution in [2.24, 2.45) is 5.73 Å². The van der Waals surface area contributed by atoms with Crippen molar-refractivity contribution in [2.45, 2.75) is 19.1 Å². The van der Waals surface area contributed by atoms with Crippen LogP contribution in [0.5, 0.6) is 5.75 Å². The monoisotopic (exact) mass is 276 g/mol. The first-order chi connectivity index (χ1) is 9.08. The van der Waals surface area contributed by atoms with Crippen molar-refractivity contribution < 1.29 is 4.74 Å². The zero-order valence-corrected chi connectivity index (χ0v) is 12.4. The highest BCUT2D eigenvalue weighted by molar-refractivity contribution is 7.10. The molecule has 2 unspecified atom stereocenters. The highest BCUT2D eigenvalue weighted by Gasteiger charge is 2.19. The Morgan fingerprint density at radius 1 is 1.21 bits per heavy atom. The van der Waals surface area contributed by atoms with Crippen LogP contribution in [0.4, 0.5) is 5.69 Å². The van der Waals surface area contributed by atoms with Gasteiger partial charge in [0.25, 0.3) is 0 Å². The summed E-state index contributed by atoms with van der Waals surface area (Å²) in [5, 5.41) is 2.05. The van der Waals surface area contributed by atoms with Crippen LogP contribution in [0.15, 0.2) is 41.8 Å². The Kier molecular flexibility index (Phi) is 4.45. The molecule has 1 aromatic carbocycles. The Morgan fingerprint density at radius 2 is 2.00 bits per heavy atom. The molecule has 0 spiro atoms. The van der Waals surface area contributed by atoms with Crippen LogP contribution in [0.2, 0.25) is 0 Å². The maximum atomic E-state index is 6.07. The smallest absolute Gasteiger partial charge is 0.148 e. The summed E-state index contributed by atoms with van der Waals surface area (Å²) < 4.78 is 6.07. The zero-order chi connectivity index (χ0) is 13.8. The van der Waals surface area contributed by atoms with Gasteiger partial charge in [-0.15, -0.1) is 11.3 Å². The summed E-state index contributed by atoms with van der Waals surface area (Å²) >= 11 is 1.67. The Bertz CT molecular complexity index is 509. The number of nitrogens with two attached hydrogens (primary N) is 1. The first kappa shape index (κ1) is 13.9. The van der Waals surface area contributed by atoms with E-state index in [1.54, 1.807) is 11.3 Å². The molecule has 0 saturated heterocycles. The lowest BCUT2D eigenvalue weighted by Gasteiger charge is -2.22. The lowest BCUT2D eigenvalue weighted by Crippen LogP contribution is -2.28. The lowest BCUT2D eigenvalue weighted by atomic mass is 10.1. The molecular formula is C15H20N2OS. The number of ether oxygens (including phenoxy) is 1. The largest absolute Gasteiger partial charge is 0.483 e. The summed E-state index contributed by atoms with van der Waals surface area (Å²) in [4.78, 5) is 3.21. The van der Waals surface area contributed by atoms with E-state index < -0.39 is 0 Å². The van der Waals surface area contributed by atoms with Crippen LogP contribution >= 0.6 is 11.3 Å². The molecule has 2 aromatic rings. The topological polar surface area (TPSA) is 38.5 Å². The molecule has 1 aromatic heterocycles. The molecule has 1 heterocycles. The fourth-order valence-electron chi connectivity index (χ4n) is 1.86. The molecule has 102 valence electrons. The maximum Gasteiger partial charge on any atom is 0.148 e. The minimum absolute atomic E-state index is 0.0540. The quantitative estimate of drug-likeness (QED) is 0.911. The molecule has 4 heteroatoms. The van der Waals surface area contributed by atoms with E-state index in [-0.39, 0.29) is 12.1 Å². The molecule has 2 N–H and O–H groups in total. The van der Waals surface area contributed by atoms with E-state index in [0.717, 1.165) is 16.3 Å². The molecule has 0 aliphatic rings. The molecule has 0 saturated carbocycles. The van der Waals surface area contributed by atoms with Gasteiger partial charge in [0.1, 0.15) is 11.9 Å². The standard InChI is InChI=1S/C15H20N2OS/c1-11(16)15(14-8-5-9-19-14)18-13-7-4-6-12(10-13)17(2)3/h4-11,15H,16H2,1-3H3. The van der Waals surface area contributed by atoms with Crippen molar-refractivity contribution in [3.05, 3.63) is 46.7 Å². The van der Waals surface area contributed by atoms with Crippen molar-refractivity contribution >= 4 is 17.0 Å². The Balaban J connectivity index is 2.20. The van der Waals surface area contributed by atoms with E-state index in [1.165, 1.54) is 0 Å². The summed E-state index contributed by atoms with van der Waals surface area (Å²) in [6.45, 7) is 1.97. The molecule has 2 rings (SSSR count). The summed E-state index contributed by atoms with van der Waals surface area (Å²) in [6, 6.07) is 12.1. The van der Waals surface area contributed by atoms with Gasteiger partial charge in [-0.05, 0) is 30.5 Å². The van der Waals surface area contributed by atoms with Gasteiger partial charge in [0, 0.05) is 36.8 Å². The zero-order valence-electron chi connectivity index (χ0n) is 11.5. The highest BCUT2D eigenvalue weighted by Crippen LogP contribution is 2.29. The Morgan fingerprint density at radius 3 is 2.58 bits per heavy atom. The van der Waals surface area contributed by atoms with E-state index in [9.17, 15) is 0 Å². The fraction of sp³-hybridized carbons (Fsp3) is 0.333. The van der Waals surface area contributed by atoms with E-state index in [0.29, 0.717) is 0 Å². The molecule has 0 fully saturated rings. The van der Waals surface area contributed by atoms with E-state index in [1.807, 2.05) is 50.7 Å². The molecule has 3 nitrogen and oxygen atoms in total. The third-order valence-electron chi connectivity index (χ3n) is 2.90. The Labute approximate surface area is 118 Å². The Hall–Kier alpha value is -1.52. The van der Waals surface area contributed by atoms with Gasteiger partial charge in [-0.1, -0.05) is 12.1 Å². The summed E-state index contributed by atoms with van der Waals surface area (Å²) in [7, 11) is 4.03. The lowest BCUT2D eigenvalue weighted by molar-refractivity contribution is 0.184. The minimum Gasteiger partial charge on any atom is -0.483 e. The second kappa shape index (κ2) is 6.08. The molecule has 0 bridgehead atoms. The molecule has 19 heavy (non-hydrogen) atoms. The number of benzene rings is 1. The number of rotatable bonds is 5. The van der Waals surface area contributed by atoms with Crippen LogP contribution in [0.3, 0.4) is 0 Å². The number of anilines is 1. The van der Waals surface area contributed by atoms with Crippen LogP contribution in [-0.4, -0.2) is 20.1 Å². The van der Waals surface area contributed by atoms with Gasteiger partial charge >= 0.3 is 0 Å². The van der Waals surface area contributed by atoms with Gasteiger partial charge in [0.05, 0.1) is 0 Å². The van der Waals surface area contributed by atoms with Crippen molar-refractivity contribution in [1.82, 2.24) is 0 Å². The van der Waals surface area contributed by atoms with E-state index >= 15 is 0 Å². The SMILES string of the molecule is CC(N)C(Oc1cccc(N(C)C)c1)c1cccs1. The number of nitrogens with zero attached hydrogens (tertiary/aromatic N) is 1.